The van der Waals surface area contributed by atoms with Crippen LogP contribution >= 0.6 is 0 Å². The lowest BCUT2D eigenvalue weighted by atomic mass is 9.99. The van der Waals surface area contributed by atoms with E-state index in [1.54, 1.807) is 6.26 Å². The number of furan rings is 1. The molecule has 0 amide bonds. The average molecular weight is 230 g/mol. The van der Waals surface area contributed by atoms with Crippen molar-refractivity contribution in [2.24, 2.45) is 5.84 Å². The van der Waals surface area contributed by atoms with Crippen LogP contribution in [0.25, 0.3) is 0 Å². The molecule has 3 N–H and O–H groups in total. The summed E-state index contributed by atoms with van der Waals surface area (Å²) in [7, 11) is 0. The first kappa shape index (κ1) is 11.9. The molecule has 0 aliphatic heterocycles. The van der Waals surface area contributed by atoms with E-state index in [-0.39, 0.29) is 6.04 Å². The van der Waals surface area contributed by atoms with Crippen LogP contribution in [0.4, 0.5) is 0 Å². The smallest absolute Gasteiger partial charge is 0.105 e. The van der Waals surface area contributed by atoms with Gasteiger partial charge in [-0.15, -0.1) is 0 Å². The van der Waals surface area contributed by atoms with E-state index < -0.39 is 0 Å². The minimum atomic E-state index is 0.0837. The summed E-state index contributed by atoms with van der Waals surface area (Å²) in [6.45, 7) is 4.22. The summed E-state index contributed by atoms with van der Waals surface area (Å²) in [6, 6.07) is 10.3. The van der Waals surface area contributed by atoms with Crippen molar-refractivity contribution in [3.63, 3.8) is 0 Å². The summed E-state index contributed by atoms with van der Waals surface area (Å²) in [6.07, 6.45) is 2.44. The molecule has 0 aliphatic carbocycles. The van der Waals surface area contributed by atoms with Crippen LogP contribution in [0, 0.1) is 13.8 Å². The summed E-state index contributed by atoms with van der Waals surface area (Å²) < 4.78 is 5.35. The van der Waals surface area contributed by atoms with Crippen LogP contribution in [0.3, 0.4) is 0 Å². The van der Waals surface area contributed by atoms with E-state index in [0.29, 0.717) is 0 Å². The second-order valence-electron chi connectivity index (χ2n) is 4.35. The van der Waals surface area contributed by atoms with Gasteiger partial charge in [-0.25, -0.2) is 0 Å². The molecule has 2 aromatic rings. The highest BCUT2D eigenvalue weighted by Gasteiger charge is 2.12. The average Bonchev–Trinajstić information content (AvgIpc) is 2.82. The fraction of sp³-hybridized carbons (Fsp3) is 0.286. The Hall–Kier alpha value is -1.58. The first-order chi connectivity index (χ1) is 8.20. The Morgan fingerprint density at radius 3 is 2.65 bits per heavy atom. The van der Waals surface area contributed by atoms with Crippen LogP contribution in [0.2, 0.25) is 0 Å². The second-order valence-corrected chi connectivity index (χ2v) is 4.35. The number of hydrogen-bond donors (Lipinski definition) is 2. The molecule has 0 saturated heterocycles. The summed E-state index contributed by atoms with van der Waals surface area (Å²) in [4.78, 5) is 0. The largest absolute Gasteiger partial charge is 0.469 e. The first-order valence-corrected chi connectivity index (χ1v) is 5.76. The predicted molar refractivity (Wildman–Crippen MR) is 68.4 cm³/mol. The Morgan fingerprint density at radius 1 is 1.24 bits per heavy atom. The third-order valence-corrected chi connectivity index (χ3v) is 3.12. The van der Waals surface area contributed by atoms with Gasteiger partial charge < -0.3 is 4.42 Å². The van der Waals surface area contributed by atoms with E-state index in [4.69, 9.17) is 10.3 Å². The van der Waals surface area contributed by atoms with Crippen molar-refractivity contribution in [3.8, 4) is 0 Å². The summed E-state index contributed by atoms with van der Waals surface area (Å²) in [5.74, 6) is 6.55. The zero-order chi connectivity index (χ0) is 12.3. The molecule has 17 heavy (non-hydrogen) atoms. The number of rotatable bonds is 4. The molecule has 1 aromatic heterocycles. The van der Waals surface area contributed by atoms with Gasteiger partial charge in [0.15, 0.2) is 0 Å². The van der Waals surface area contributed by atoms with Crippen LogP contribution in [0.1, 0.15) is 28.5 Å². The highest BCUT2D eigenvalue weighted by Crippen LogP contribution is 2.20. The van der Waals surface area contributed by atoms with E-state index in [2.05, 4.69) is 37.5 Å². The van der Waals surface area contributed by atoms with Crippen molar-refractivity contribution < 1.29 is 4.42 Å². The van der Waals surface area contributed by atoms with E-state index in [0.717, 1.165) is 12.2 Å². The number of benzene rings is 1. The Kier molecular flexibility index (Phi) is 3.61. The molecule has 1 unspecified atom stereocenters. The van der Waals surface area contributed by atoms with Crippen LogP contribution in [-0.2, 0) is 6.42 Å². The lowest BCUT2D eigenvalue weighted by Gasteiger charge is -2.16. The fourth-order valence-electron chi connectivity index (χ4n) is 1.88. The van der Waals surface area contributed by atoms with E-state index in [9.17, 15) is 0 Å². The number of nitrogens with one attached hydrogen (secondary N) is 1. The van der Waals surface area contributed by atoms with Crippen molar-refractivity contribution in [1.82, 2.24) is 5.43 Å². The van der Waals surface area contributed by atoms with E-state index >= 15 is 0 Å². The van der Waals surface area contributed by atoms with Crippen LogP contribution in [0.15, 0.2) is 41.0 Å². The number of aryl methyl sites for hydroxylation is 2. The molecule has 0 radical (unpaired) electrons. The molecule has 0 aliphatic rings. The molecule has 0 bridgehead atoms. The normalized spacial score (nSPS) is 12.6. The van der Waals surface area contributed by atoms with Gasteiger partial charge in [0, 0.05) is 6.42 Å². The maximum absolute atomic E-state index is 5.62. The lowest BCUT2D eigenvalue weighted by molar-refractivity contribution is 0.454. The van der Waals surface area contributed by atoms with Crippen LogP contribution in [-0.4, -0.2) is 0 Å². The van der Waals surface area contributed by atoms with Crippen molar-refractivity contribution >= 4 is 0 Å². The molecular weight excluding hydrogens is 212 g/mol. The minimum absolute atomic E-state index is 0.0837. The summed E-state index contributed by atoms with van der Waals surface area (Å²) in [5, 5.41) is 0. The summed E-state index contributed by atoms with van der Waals surface area (Å²) in [5.41, 5.74) is 6.60. The third kappa shape index (κ3) is 2.75. The predicted octanol–water partition coefficient (Wildman–Crippen LogP) is 2.64. The van der Waals surface area contributed by atoms with Crippen molar-refractivity contribution in [2.75, 3.05) is 0 Å². The van der Waals surface area contributed by atoms with Gasteiger partial charge in [-0.1, -0.05) is 18.2 Å². The Labute approximate surface area is 102 Å². The Balaban J connectivity index is 2.20. The van der Waals surface area contributed by atoms with Gasteiger partial charge in [0.05, 0.1) is 12.3 Å². The number of nitrogens with two attached hydrogens (primary N) is 1. The highest BCUT2D eigenvalue weighted by molar-refractivity contribution is 5.32. The summed E-state index contributed by atoms with van der Waals surface area (Å²) >= 11 is 0. The first-order valence-electron chi connectivity index (χ1n) is 5.76. The Bertz CT molecular complexity index is 477. The third-order valence-electron chi connectivity index (χ3n) is 3.12. The molecule has 3 nitrogen and oxygen atoms in total. The van der Waals surface area contributed by atoms with Crippen LogP contribution in [0.5, 0.6) is 0 Å². The highest BCUT2D eigenvalue weighted by atomic mass is 16.3. The molecule has 1 aromatic carbocycles. The number of hydrogen-bond acceptors (Lipinski definition) is 3. The van der Waals surface area contributed by atoms with Gasteiger partial charge in [0.1, 0.15) is 5.76 Å². The maximum atomic E-state index is 5.62. The lowest BCUT2D eigenvalue weighted by Crippen LogP contribution is -2.29. The van der Waals surface area contributed by atoms with Gasteiger partial charge >= 0.3 is 0 Å². The van der Waals surface area contributed by atoms with Gasteiger partial charge in [-0.2, -0.15) is 0 Å². The monoisotopic (exact) mass is 230 g/mol. The zero-order valence-corrected chi connectivity index (χ0v) is 10.2. The fourth-order valence-corrected chi connectivity index (χ4v) is 1.88. The molecule has 0 spiro atoms. The van der Waals surface area contributed by atoms with Crippen molar-refractivity contribution in [2.45, 2.75) is 26.3 Å². The SMILES string of the molecule is Cc1ccc(C(Cc2ccco2)NN)cc1C. The van der Waals surface area contributed by atoms with Crippen LogP contribution < -0.4 is 11.3 Å². The van der Waals surface area contributed by atoms with Crippen molar-refractivity contribution in [3.05, 3.63) is 59.0 Å². The number of hydrazine groups is 1. The standard InChI is InChI=1S/C14H18N2O/c1-10-5-6-12(8-11(10)2)14(16-15)9-13-4-3-7-17-13/h3-8,14,16H,9,15H2,1-2H3. The molecule has 0 saturated carbocycles. The van der Waals surface area contributed by atoms with Crippen molar-refractivity contribution in [1.29, 1.82) is 0 Å². The van der Waals surface area contributed by atoms with Gasteiger partial charge in [-0.3, -0.25) is 11.3 Å². The molecule has 3 heteroatoms. The molecule has 2 rings (SSSR count). The Morgan fingerprint density at radius 2 is 2.06 bits per heavy atom. The van der Waals surface area contributed by atoms with E-state index in [1.165, 1.54) is 16.7 Å². The maximum Gasteiger partial charge on any atom is 0.105 e. The van der Waals surface area contributed by atoms with E-state index in [1.807, 2.05) is 12.1 Å². The van der Waals surface area contributed by atoms with Gasteiger partial charge in [0.2, 0.25) is 0 Å². The topological polar surface area (TPSA) is 51.2 Å². The zero-order valence-electron chi connectivity index (χ0n) is 10.2. The van der Waals surface area contributed by atoms with Gasteiger partial charge in [0.25, 0.3) is 0 Å². The van der Waals surface area contributed by atoms with Gasteiger partial charge in [-0.05, 0) is 42.7 Å². The molecule has 0 fully saturated rings. The quantitative estimate of drug-likeness (QED) is 0.627. The molecular formula is C14H18N2O. The molecule has 90 valence electrons. The molecule has 1 heterocycles. The second kappa shape index (κ2) is 5.17. The molecule has 1 atom stereocenters. The minimum Gasteiger partial charge on any atom is -0.469 e.